The minimum absolute atomic E-state index is 0.228. The fraction of sp³-hybridized carbons (Fsp3) is 0.219. The summed E-state index contributed by atoms with van der Waals surface area (Å²) in [4.78, 5) is 9.40. The number of nitrogens with two attached hydrogens (primary N) is 1. The smallest absolute Gasteiger partial charge is 0.238 e. The largest absolute Gasteiger partial charge is 0.497 e. The van der Waals surface area contributed by atoms with Crippen molar-refractivity contribution in [3.63, 3.8) is 0 Å². The van der Waals surface area contributed by atoms with E-state index in [4.69, 9.17) is 24.9 Å². The molecule has 1 atom stereocenters. The topological polar surface area (TPSA) is 97.3 Å². The first kappa shape index (κ1) is 25.2. The van der Waals surface area contributed by atoms with E-state index in [1.807, 2.05) is 54.7 Å². The number of benzene rings is 3. The second kappa shape index (κ2) is 10.3. The van der Waals surface area contributed by atoms with Crippen LogP contribution in [0, 0.1) is 5.82 Å². The van der Waals surface area contributed by atoms with Crippen LogP contribution in [0.15, 0.2) is 73.1 Å². The summed E-state index contributed by atoms with van der Waals surface area (Å²) in [7, 11) is 1.63. The van der Waals surface area contributed by atoms with Crippen LogP contribution in [0.4, 0.5) is 10.1 Å². The monoisotopic (exact) mass is 549 g/mol. The Bertz CT molecular complexity index is 1900. The third kappa shape index (κ3) is 4.48. The molecule has 4 heterocycles. The second-order valence-corrected chi connectivity index (χ2v) is 10.2. The standard InChI is InChI=1S/C32H28FN5O3/c1-39-20-9-7-19(8-10-20)18-41-32-29(34)28(23-12-14-26-22(30(23)36-32)5-4-15-35-26)21-11-13-25(33)31-24(21)17-38(37-31)27-6-2-3-16-40-27/h4-5,7-15,17,27H,2-3,6,16,18,34H2,1H3. The van der Waals surface area contributed by atoms with Crippen molar-refractivity contribution < 1.29 is 18.6 Å². The van der Waals surface area contributed by atoms with Crippen molar-refractivity contribution in [2.45, 2.75) is 32.1 Å². The Kier molecular flexibility index (Phi) is 6.36. The van der Waals surface area contributed by atoms with E-state index in [0.717, 1.165) is 52.4 Å². The summed E-state index contributed by atoms with van der Waals surface area (Å²) in [5.41, 5.74) is 11.4. The maximum absolute atomic E-state index is 15.1. The van der Waals surface area contributed by atoms with Gasteiger partial charge < -0.3 is 19.9 Å². The Morgan fingerprint density at radius 3 is 2.68 bits per heavy atom. The molecule has 1 fully saturated rings. The number of pyridine rings is 2. The summed E-state index contributed by atoms with van der Waals surface area (Å²) in [6, 6.07) is 18.6. The van der Waals surface area contributed by atoms with Crippen LogP contribution in [0.3, 0.4) is 0 Å². The van der Waals surface area contributed by atoms with E-state index in [2.05, 4.69) is 10.1 Å². The Balaban J connectivity index is 1.42. The normalized spacial score (nSPS) is 15.5. The molecule has 2 N–H and O–H groups in total. The number of halogens is 1. The first-order valence-corrected chi connectivity index (χ1v) is 13.6. The summed E-state index contributed by atoms with van der Waals surface area (Å²) in [6.07, 6.45) is 6.25. The van der Waals surface area contributed by atoms with Crippen LogP contribution in [-0.4, -0.2) is 33.5 Å². The van der Waals surface area contributed by atoms with Gasteiger partial charge in [-0.15, -0.1) is 0 Å². The number of fused-ring (bicyclic) bond motifs is 4. The molecule has 0 saturated carbocycles. The van der Waals surface area contributed by atoms with Crippen LogP contribution in [0.1, 0.15) is 31.1 Å². The lowest BCUT2D eigenvalue weighted by atomic mass is 9.95. The summed E-state index contributed by atoms with van der Waals surface area (Å²) in [5, 5.41) is 6.93. The molecular formula is C32H28FN5O3. The molecule has 1 saturated heterocycles. The van der Waals surface area contributed by atoms with Gasteiger partial charge in [0, 0.05) is 40.7 Å². The van der Waals surface area contributed by atoms with Crippen molar-refractivity contribution in [3.05, 3.63) is 84.4 Å². The van der Waals surface area contributed by atoms with Gasteiger partial charge in [-0.3, -0.25) is 4.98 Å². The molecule has 9 heteroatoms. The van der Waals surface area contributed by atoms with Crippen LogP contribution in [-0.2, 0) is 11.3 Å². The van der Waals surface area contributed by atoms with Crippen LogP contribution in [0.25, 0.3) is 43.8 Å². The molecule has 0 radical (unpaired) electrons. The molecule has 1 aliphatic rings. The van der Waals surface area contributed by atoms with Gasteiger partial charge in [0.2, 0.25) is 5.88 Å². The van der Waals surface area contributed by atoms with E-state index in [1.165, 1.54) is 6.07 Å². The molecule has 0 spiro atoms. The Hall–Kier alpha value is -4.76. The quantitative estimate of drug-likeness (QED) is 0.228. The van der Waals surface area contributed by atoms with E-state index in [9.17, 15) is 0 Å². The minimum Gasteiger partial charge on any atom is -0.497 e. The van der Waals surface area contributed by atoms with Gasteiger partial charge in [0.15, 0.2) is 5.82 Å². The summed E-state index contributed by atoms with van der Waals surface area (Å²) in [6.45, 7) is 0.916. The number of methoxy groups -OCH3 is 1. The first-order valence-electron chi connectivity index (χ1n) is 13.6. The van der Waals surface area contributed by atoms with Crippen LogP contribution in [0.2, 0.25) is 0 Å². The summed E-state index contributed by atoms with van der Waals surface area (Å²) < 4.78 is 34.3. The van der Waals surface area contributed by atoms with E-state index >= 15 is 4.39 Å². The molecule has 3 aromatic carbocycles. The fourth-order valence-corrected chi connectivity index (χ4v) is 5.53. The van der Waals surface area contributed by atoms with Crippen molar-refractivity contribution >= 4 is 38.4 Å². The van der Waals surface area contributed by atoms with E-state index in [-0.39, 0.29) is 18.4 Å². The van der Waals surface area contributed by atoms with Crippen molar-refractivity contribution in [2.24, 2.45) is 0 Å². The molecule has 6 aromatic rings. The van der Waals surface area contributed by atoms with Gasteiger partial charge in [-0.1, -0.05) is 18.2 Å². The minimum atomic E-state index is -0.402. The van der Waals surface area contributed by atoms with Gasteiger partial charge in [-0.2, -0.15) is 5.10 Å². The molecule has 1 aliphatic heterocycles. The average molecular weight is 550 g/mol. The average Bonchev–Trinajstić information content (AvgIpc) is 3.48. The van der Waals surface area contributed by atoms with Crippen molar-refractivity contribution in [1.29, 1.82) is 0 Å². The Morgan fingerprint density at radius 2 is 1.88 bits per heavy atom. The molecule has 41 heavy (non-hydrogen) atoms. The summed E-state index contributed by atoms with van der Waals surface area (Å²) in [5.74, 6) is 0.652. The molecule has 7 rings (SSSR count). The highest BCUT2D eigenvalue weighted by molar-refractivity contribution is 6.15. The third-order valence-electron chi connectivity index (χ3n) is 7.64. The van der Waals surface area contributed by atoms with Gasteiger partial charge in [-0.05, 0) is 72.9 Å². The second-order valence-electron chi connectivity index (χ2n) is 10.2. The van der Waals surface area contributed by atoms with E-state index in [0.29, 0.717) is 34.6 Å². The van der Waals surface area contributed by atoms with Gasteiger partial charge in [-0.25, -0.2) is 14.1 Å². The third-order valence-corrected chi connectivity index (χ3v) is 7.64. The number of nitrogens with zero attached hydrogens (tertiary/aromatic N) is 4. The van der Waals surface area contributed by atoms with Crippen molar-refractivity contribution in [1.82, 2.24) is 19.7 Å². The van der Waals surface area contributed by atoms with Crippen LogP contribution in [0.5, 0.6) is 11.6 Å². The number of rotatable bonds is 6. The van der Waals surface area contributed by atoms with Gasteiger partial charge >= 0.3 is 0 Å². The van der Waals surface area contributed by atoms with E-state index < -0.39 is 5.82 Å². The molecule has 8 nitrogen and oxygen atoms in total. The lowest BCUT2D eigenvalue weighted by Crippen LogP contribution is -2.18. The zero-order chi connectivity index (χ0) is 27.9. The number of nitrogen functional groups attached to an aromatic ring is 1. The van der Waals surface area contributed by atoms with Gasteiger partial charge in [0.05, 0.1) is 18.1 Å². The maximum Gasteiger partial charge on any atom is 0.238 e. The number of hydrogen-bond acceptors (Lipinski definition) is 7. The maximum atomic E-state index is 15.1. The number of hydrogen-bond donors (Lipinski definition) is 1. The van der Waals surface area contributed by atoms with Crippen LogP contribution < -0.4 is 15.2 Å². The zero-order valence-electron chi connectivity index (χ0n) is 22.5. The molecule has 3 aromatic heterocycles. The van der Waals surface area contributed by atoms with E-state index in [1.54, 1.807) is 24.1 Å². The molecular weight excluding hydrogens is 521 g/mol. The molecule has 0 amide bonds. The predicted molar refractivity (Wildman–Crippen MR) is 156 cm³/mol. The molecule has 206 valence electrons. The van der Waals surface area contributed by atoms with Crippen molar-refractivity contribution in [2.75, 3.05) is 19.5 Å². The lowest BCUT2D eigenvalue weighted by Gasteiger charge is -2.22. The van der Waals surface area contributed by atoms with Crippen molar-refractivity contribution in [3.8, 4) is 22.8 Å². The molecule has 1 unspecified atom stereocenters. The Morgan fingerprint density at radius 1 is 1.00 bits per heavy atom. The van der Waals surface area contributed by atoms with Gasteiger partial charge in [0.25, 0.3) is 0 Å². The Labute approximate surface area is 235 Å². The first-order chi connectivity index (χ1) is 20.1. The number of ether oxygens (including phenoxy) is 3. The highest BCUT2D eigenvalue weighted by Gasteiger charge is 2.24. The zero-order valence-corrected chi connectivity index (χ0v) is 22.5. The predicted octanol–water partition coefficient (Wildman–Crippen LogP) is 6.81. The highest BCUT2D eigenvalue weighted by atomic mass is 19.1. The fourth-order valence-electron chi connectivity index (χ4n) is 5.53. The van der Waals surface area contributed by atoms with Crippen LogP contribution >= 0.6 is 0 Å². The lowest BCUT2D eigenvalue weighted by molar-refractivity contribution is -0.0391. The molecule has 0 bridgehead atoms. The number of aromatic nitrogens is 4. The highest BCUT2D eigenvalue weighted by Crippen LogP contribution is 2.43. The molecule has 0 aliphatic carbocycles. The summed E-state index contributed by atoms with van der Waals surface area (Å²) >= 11 is 0. The number of anilines is 1. The van der Waals surface area contributed by atoms with Gasteiger partial charge in [0.1, 0.15) is 29.8 Å². The SMILES string of the molecule is COc1ccc(COc2nc3c(ccc4ncccc43)c(-c3ccc(F)c4nn(C5CCCCO5)cc34)c2N)cc1.